The van der Waals surface area contributed by atoms with Gasteiger partial charge in [-0.25, -0.2) is 0 Å². The monoisotopic (exact) mass is 436 g/mol. The number of hydrogen-bond donors (Lipinski definition) is 2. The number of benzene rings is 1. The third kappa shape index (κ3) is 3.26. The second kappa shape index (κ2) is 7.57. The van der Waals surface area contributed by atoms with Crippen molar-refractivity contribution in [1.29, 1.82) is 5.26 Å². The van der Waals surface area contributed by atoms with Gasteiger partial charge in [-0.05, 0) is 49.8 Å². The molecule has 4 N–H and O–H groups in total. The standard InChI is InChI=1S/C23H28N6O3/c1-12(13-2-4-14(5-3-13)21(26)30)28-17-8-20(23(28)32)27(10-17)11-18(25)22(31)29-16(9-24)6-15-7-19(15)29/h2-5,12,15-20H,6-8,10-11,25H2,1H3,(H2,26,30)/t12-,15?,16?,17-,18?,19?,20?/m0/s1. The fourth-order valence-corrected chi connectivity index (χ4v) is 5.90. The number of rotatable bonds is 6. The largest absolute Gasteiger partial charge is 0.366 e. The minimum Gasteiger partial charge on any atom is -0.366 e. The summed E-state index contributed by atoms with van der Waals surface area (Å²) in [7, 11) is 0. The van der Waals surface area contributed by atoms with Crippen LogP contribution in [0, 0.1) is 17.2 Å². The van der Waals surface area contributed by atoms with Crippen LogP contribution in [0.5, 0.6) is 0 Å². The highest BCUT2D eigenvalue weighted by Gasteiger charge is 2.56. The molecule has 9 heteroatoms. The predicted molar refractivity (Wildman–Crippen MR) is 115 cm³/mol. The van der Waals surface area contributed by atoms with Gasteiger partial charge in [0.15, 0.2) is 0 Å². The molecular weight excluding hydrogens is 408 g/mol. The van der Waals surface area contributed by atoms with Crippen molar-refractivity contribution < 1.29 is 14.4 Å². The number of primary amides is 1. The summed E-state index contributed by atoms with van der Waals surface area (Å²) >= 11 is 0. The number of nitrogens with two attached hydrogens (primary N) is 2. The lowest BCUT2D eigenvalue weighted by Crippen LogP contribution is -2.57. The molecule has 168 valence electrons. The minimum atomic E-state index is -0.732. The lowest BCUT2D eigenvalue weighted by molar-refractivity contribution is -0.141. The number of carbonyl (C=O) groups is 3. The molecular formula is C23H28N6O3. The number of nitriles is 1. The van der Waals surface area contributed by atoms with Gasteiger partial charge in [0.1, 0.15) is 6.04 Å². The van der Waals surface area contributed by atoms with E-state index in [9.17, 15) is 19.6 Å². The molecule has 5 rings (SSSR count). The van der Waals surface area contributed by atoms with E-state index in [0.717, 1.165) is 24.8 Å². The number of carbonyl (C=O) groups excluding carboxylic acids is 3. The van der Waals surface area contributed by atoms with Crippen LogP contribution >= 0.6 is 0 Å². The Hall–Kier alpha value is -2.96. The Kier molecular flexibility index (Phi) is 4.95. The van der Waals surface area contributed by atoms with Crippen molar-refractivity contribution in [3.8, 4) is 6.07 Å². The highest BCUT2D eigenvalue weighted by atomic mass is 16.2. The summed E-state index contributed by atoms with van der Waals surface area (Å²) in [4.78, 5) is 43.0. The van der Waals surface area contributed by atoms with Crippen molar-refractivity contribution in [2.75, 3.05) is 13.1 Å². The van der Waals surface area contributed by atoms with Gasteiger partial charge in [-0.1, -0.05) is 12.1 Å². The molecule has 3 amide bonds. The molecule has 32 heavy (non-hydrogen) atoms. The fourth-order valence-electron chi connectivity index (χ4n) is 5.90. The molecule has 1 aromatic carbocycles. The van der Waals surface area contributed by atoms with Crippen molar-refractivity contribution in [3.05, 3.63) is 35.4 Å². The first-order valence-electron chi connectivity index (χ1n) is 11.2. The summed E-state index contributed by atoms with van der Waals surface area (Å²) in [5, 5.41) is 9.36. The molecule has 0 radical (unpaired) electrons. The number of likely N-dealkylation sites (tertiary alicyclic amines) is 3. The van der Waals surface area contributed by atoms with Gasteiger partial charge in [0.05, 0.1) is 24.2 Å². The first kappa shape index (κ1) is 20.9. The Morgan fingerprint density at radius 2 is 1.94 bits per heavy atom. The molecule has 1 aromatic rings. The Morgan fingerprint density at radius 3 is 2.56 bits per heavy atom. The molecule has 0 aromatic heterocycles. The van der Waals surface area contributed by atoms with Crippen LogP contribution in [0.4, 0.5) is 0 Å². The van der Waals surface area contributed by atoms with E-state index in [2.05, 4.69) is 6.07 Å². The summed E-state index contributed by atoms with van der Waals surface area (Å²) in [5.41, 5.74) is 13.0. The van der Waals surface area contributed by atoms with Gasteiger partial charge in [0.2, 0.25) is 17.7 Å². The van der Waals surface area contributed by atoms with Crippen LogP contribution < -0.4 is 11.5 Å². The van der Waals surface area contributed by atoms with E-state index >= 15 is 0 Å². The average molecular weight is 437 g/mol. The molecule has 0 spiro atoms. The van der Waals surface area contributed by atoms with Gasteiger partial charge in [-0.3, -0.25) is 19.3 Å². The maximum absolute atomic E-state index is 13.2. The molecule has 3 aliphatic heterocycles. The maximum Gasteiger partial charge on any atom is 0.248 e. The zero-order chi connectivity index (χ0) is 22.7. The molecule has 3 heterocycles. The molecule has 2 bridgehead atoms. The van der Waals surface area contributed by atoms with Gasteiger partial charge < -0.3 is 21.3 Å². The summed E-state index contributed by atoms with van der Waals surface area (Å²) < 4.78 is 0. The van der Waals surface area contributed by atoms with Crippen LogP contribution in [0.2, 0.25) is 0 Å². The first-order chi connectivity index (χ1) is 15.3. The van der Waals surface area contributed by atoms with E-state index in [1.807, 2.05) is 28.9 Å². The summed E-state index contributed by atoms with van der Waals surface area (Å²) in [6, 6.07) is 8.01. The molecule has 1 aliphatic carbocycles. The van der Waals surface area contributed by atoms with E-state index in [-0.39, 0.29) is 42.0 Å². The van der Waals surface area contributed by atoms with Crippen molar-refractivity contribution in [2.24, 2.45) is 17.4 Å². The molecule has 5 unspecified atom stereocenters. The van der Waals surface area contributed by atoms with Gasteiger partial charge in [0.25, 0.3) is 0 Å². The Bertz CT molecular complexity index is 1000. The minimum absolute atomic E-state index is 0.0470. The van der Waals surface area contributed by atoms with E-state index < -0.39 is 11.9 Å². The van der Waals surface area contributed by atoms with Crippen LogP contribution in [0.1, 0.15) is 48.1 Å². The quantitative estimate of drug-likeness (QED) is 0.643. The smallest absolute Gasteiger partial charge is 0.248 e. The highest BCUT2D eigenvalue weighted by Crippen LogP contribution is 2.48. The molecule has 4 aliphatic rings. The summed E-state index contributed by atoms with van der Waals surface area (Å²) in [5.74, 6) is -0.149. The second-order valence-corrected chi connectivity index (χ2v) is 9.56. The molecule has 3 saturated heterocycles. The third-order valence-corrected chi connectivity index (χ3v) is 7.67. The number of piperidine rings is 1. The third-order valence-electron chi connectivity index (χ3n) is 7.67. The van der Waals surface area contributed by atoms with Crippen molar-refractivity contribution >= 4 is 17.7 Å². The van der Waals surface area contributed by atoms with Crippen molar-refractivity contribution in [2.45, 2.75) is 62.4 Å². The molecule has 1 saturated carbocycles. The Labute approximate surface area is 186 Å². The number of hydrogen-bond acceptors (Lipinski definition) is 6. The maximum atomic E-state index is 13.2. The molecule has 4 fully saturated rings. The Balaban J connectivity index is 1.22. The summed E-state index contributed by atoms with van der Waals surface area (Å²) in [6.07, 6.45) is 2.44. The summed E-state index contributed by atoms with van der Waals surface area (Å²) in [6.45, 7) is 2.99. The predicted octanol–water partition coefficient (Wildman–Crippen LogP) is -0.0281. The zero-order valence-electron chi connectivity index (χ0n) is 18.1. The molecule has 9 nitrogen and oxygen atoms in total. The number of fused-ring (bicyclic) bond motifs is 3. The van der Waals surface area contributed by atoms with Gasteiger partial charge in [-0.2, -0.15) is 5.26 Å². The van der Waals surface area contributed by atoms with Crippen LogP contribution in [0.3, 0.4) is 0 Å². The normalized spacial score (nSPS) is 32.5. The van der Waals surface area contributed by atoms with Crippen LogP contribution in [0.15, 0.2) is 24.3 Å². The highest BCUT2D eigenvalue weighted by molar-refractivity contribution is 5.92. The van der Waals surface area contributed by atoms with Gasteiger partial charge >= 0.3 is 0 Å². The van der Waals surface area contributed by atoms with Crippen LogP contribution in [-0.4, -0.2) is 75.7 Å². The first-order valence-corrected chi connectivity index (χ1v) is 11.2. The van der Waals surface area contributed by atoms with E-state index in [4.69, 9.17) is 11.5 Å². The van der Waals surface area contributed by atoms with Crippen LogP contribution in [-0.2, 0) is 9.59 Å². The SMILES string of the molecule is C[C@@H](c1ccc(C(N)=O)cc1)N1C(=O)C2C[C@H]1CN2CC(N)C(=O)N1C(C#N)CC2CC21. The zero-order valence-corrected chi connectivity index (χ0v) is 18.1. The van der Waals surface area contributed by atoms with Crippen molar-refractivity contribution in [3.63, 3.8) is 0 Å². The van der Waals surface area contributed by atoms with Crippen molar-refractivity contribution in [1.82, 2.24) is 14.7 Å². The topological polar surface area (TPSA) is 137 Å². The Morgan fingerprint density at radius 1 is 1.22 bits per heavy atom. The van der Waals surface area contributed by atoms with E-state index in [1.165, 1.54) is 0 Å². The fraction of sp³-hybridized carbons (Fsp3) is 0.565. The number of piperazine rings is 1. The number of nitrogens with zero attached hydrogens (tertiary/aromatic N) is 4. The van der Waals surface area contributed by atoms with E-state index in [1.54, 1.807) is 17.0 Å². The number of amides is 3. The van der Waals surface area contributed by atoms with Crippen LogP contribution in [0.25, 0.3) is 0 Å². The lowest BCUT2D eigenvalue weighted by Gasteiger charge is -2.38. The lowest BCUT2D eigenvalue weighted by atomic mass is 10.0. The second-order valence-electron chi connectivity index (χ2n) is 9.56. The van der Waals surface area contributed by atoms with Gasteiger partial charge in [0, 0.05) is 30.7 Å². The van der Waals surface area contributed by atoms with Gasteiger partial charge in [-0.15, -0.1) is 0 Å². The van der Waals surface area contributed by atoms with E-state index in [0.29, 0.717) is 24.6 Å². The molecule has 7 atom stereocenters. The average Bonchev–Trinajstić information content (AvgIpc) is 3.11.